The lowest BCUT2D eigenvalue weighted by Gasteiger charge is -2.06. The van der Waals surface area contributed by atoms with Gasteiger partial charge < -0.3 is 0 Å². The zero-order chi connectivity index (χ0) is 11.7. The summed E-state index contributed by atoms with van der Waals surface area (Å²) in [6.07, 6.45) is 0. The molecule has 0 aliphatic heterocycles. The molecule has 0 aliphatic rings. The molecule has 0 unspecified atom stereocenters. The lowest BCUT2D eigenvalue weighted by molar-refractivity contribution is 0.603. The SMILES string of the molecule is Cc1ccccc1-c1nc(C)c(F)c(Cl)n1. The number of hydrogen-bond donors (Lipinski definition) is 0. The first kappa shape index (κ1) is 11.0. The smallest absolute Gasteiger partial charge is 0.181 e. The van der Waals surface area contributed by atoms with Crippen molar-refractivity contribution in [2.45, 2.75) is 13.8 Å². The first-order valence-electron chi connectivity index (χ1n) is 4.85. The van der Waals surface area contributed by atoms with Crippen molar-refractivity contribution < 1.29 is 4.39 Å². The van der Waals surface area contributed by atoms with Crippen molar-refractivity contribution in [2.24, 2.45) is 0 Å². The van der Waals surface area contributed by atoms with Crippen molar-refractivity contribution in [1.29, 1.82) is 0 Å². The number of hydrogen-bond acceptors (Lipinski definition) is 2. The minimum Gasteiger partial charge on any atom is -0.230 e. The summed E-state index contributed by atoms with van der Waals surface area (Å²) >= 11 is 5.70. The summed E-state index contributed by atoms with van der Waals surface area (Å²) in [5.74, 6) is -0.0963. The topological polar surface area (TPSA) is 25.8 Å². The maximum Gasteiger partial charge on any atom is 0.181 e. The van der Waals surface area contributed by atoms with Crippen LogP contribution in [0.4, 0.5) is 4.39 Å². The Hall–Kier alpha value is -1.48. The van der Waals surface area contributed by atoms with Gasteiger partial charge in [0, 0.05) is 5.56 Å². The molecule has 0 radical (unpaired) electrons. The monoisotopic (exact) mass is 236 g/mol. The van der Waals surface area contributed by atoms with Crippen LogP contribution in [0.25, 0.3) is 11.4 Å². The molecule has 0 aliphatic carbocycles. The molecule has 0 atom stereocenters. The number of rotatable bonds is 1. The van der Waals surface area contributed by atoms with Crippen LogP contribution in [-0.4, -0.2) is 9.97 Å². The van der Waals surface area contributed by atoms with E-state index in [2.05, 4.69) is 9.97 Å². The third kappa shape index (κ3) is 1.91. The van der Waals surface area contributed by atoms with Crippen LogP contribution in [0, 0.1) is 19.7 Å². The molecule has 2 rings (SSSR count). The van der Waals surface area contributed by atoms with E-state index >= 15 is 0 Å². The molecule has 2 nitrogen and oxygen atoms in total. The van der Waals surface area contributed by atoms with E-state index in [9.17, 15) is 4.39 Å². The Labute approximate surface area is 98.1 Å². The van der Waals surface area contributed by atoms with E-state index in [1.54, 1.807) is 6.92 Å². The molecule has 0 saturated heterocycles. The second-order valence-corrected chi connectivity index (χ2v) is 3.91. The Morgan fingerprint density at radius 2 is 1.81 bits per heavy atom. The van der Waals surface area contributed by atoms with Crippen molar-refractivity contribution in [3.8, 4) is 11.4 Å². The Morgan fingerprint density at radius 1 is 1.12 bits per heavy atom. The summed E-state index contributed by atoms with van der Waals surface area (Å²) in [5.41, 5.74) is 2.16. The van der Waals surface area contributed by atoms with Crippen LogP contribution >= 0.6 is 11.6 Å². The summed E-state index contributed by atoms with van der Waals surface area (Å²) in [6, 6.07) is 7.65. The zero-order valence-corrected chi connectivity index (χ0v) is 9.72. The average molecular weight is 237 g/mol. The molecule has 0 saturated carbocycles. The minimum absolute atomic E-state index is 0.134. The molecule has 0 N–H and O–H groups in total. The first-order valence-corrected chi connectivity index (χ1v) is 5.23. The van der Waals surface area contributed by atoms with E-state index in [4.69, 9.17) is 11.6 Å². The van der Waals surface area contributed by atoms with E-state index in [-0.39, 0.29) is 10.8 Å². The van der Waals surface area contributed by atoms with E-state index < -0.39 is 5.82 Å². The van der Waals surface area contributed by atoms with Crippen LogP contribution in [0.3, 0.4) is 0 Å². The van der Waals surface area contributed by atoms with Gasteiger partial charge in [-0.3, -0.25) is 0 Å². The molecule has 1 aromatic heterocycles. The highest BCUT2D eigenvalue weighted by molar-refractivity contribution is 6.29. The van der Waals surface area contributed by atoms with Crippen molar-refractivity contribution in [3.63, 3.8) is 0 Å². The third-order valence-corrected chi connectivity index (χ3v) is 2.61. The fourth-order valence-corrected chi connectivity index (χ4v) is 1.69. The second kappa shape index (κ2) is 4.18. The summed E-state index contributed by atoms with van der Waals surface area (Å²) in [4.78, 5) is 8.04. The number of halogens is 2. The van der Waals surface area contributed by atoms with Gasteiger partial charge in [0.2, 0.25) is 0 Å². The van der Waals surface area contributed by atoms with Crippen LogP contribution in [-0.2, 0) is 0 Å². The summed E-state index contributed by atoms with van der Waals surface area (Å²) in [7, 11) is 0. The normalized spacial score (nSPS) is 10.5. The molecule has 82 valence electrons. The van der Waals surface area contributed by atoms with Gasteiger partial charge in [0.05, 0.1) is 5.69 Å². The Balaban J connectivity index is 2.62. The van der Waals surface area contributed by atoms with Crippen molar-refractivity contribution in [2.75, 3.05) is 0 Å². The van der Waals surface area contributed by atoms with Crippen LogP contribution in [0.2, 0.25) is 5.15 Å². The molecule has 2 aromatic rings. The average Bonchev–Trinajstić information content (AvgIpc) is 2.26. The Bertz CT molecular complexity index is 517. The molecule has 4 heteroatoms. The standard InChI is InChI=1S/C12H10ClFN2/c1-7-5-3-4-6-9(7)12-15-8(2)10(14)11(13)16-12/h3-6H,1-2H3. The summed E-state index contributed by atoms with van der Waals surface area (Å²) in [6.45, 7) is 3.52. The van der Waals surface area contributed by atoms with E-state index in [1.165, 1.54) is 0 Å². The fourth-order valence-electron chi connectivity index (χ4n) is 1.47. The molecule has 0 bridgehead atoms. The lowest BCUT2D eigenvalue weighted by Crippen LogP contribution is -1.98. The van der Waals surface area contributed by atoms with Gasteiger partial charge in [-0.05, 0) is 19.4 Å². The number of nitrogens with zero attached hydrogens (tertiary/aromatic N) is 2. The number of benzene rings is 1. The predicted octanol–water partition coefficient (Wildman–Crippen LogP) is 3.55. The quantitative estimate of drug-likeness (QED) is 0.708. The van der Waals surface area contributed by atoms with Gasteiger partial charge in [0.25, 0.3) is 0 Å². The highest BCUT2D eigenvalue weighted by Gasteiger charge is 2.11. The maximum absolute atomic E-state index is 13.3. The molecule has 0 fully saturated rings. The number of aryl methyl sites for hydroxylation is 2. The van der Waals surface area contributed by atoms with Gasteiger partial charge >= 0.3 is 0 Å². The predicted molar refractivity (Wildman–Crippen MR) is 61.9 cm³/mol. The van der Waals surface area contributed by atoms with Gasteiger partial charge in [-0.15, -0.1) is 0 Å². The van der Waals surface area contributed by atoms with Crippen LogP contribution < -0.4 is 0 Å². The van der Waals surface area contributed by atoms with Crippen molar-refractivity contribution in [1.82, 2.24) is 9.97 Å². The summed E-state index contributed by atoms with van der Waals surface area (Å²) < 4.78 is 13.3. The molecule has 0 amide bonds. The van der Waals surface area contributed by atoms with Gasteiger partial charge in [-0.25, -0.2) is 14.4 Å². The van der Waals surface area contributed by atoms with Gasteiger partial charge in [-0.2, -0.15) is 0 Å². The van der Waals surface area contributed by atoms with Crippen LogP contribution in [0.1, 0.15) is 11.3 Å². The highest BCUT2D eigenvalue weighted by Crippen LogP contribution is 2.23. The third-order valence-electron chi connectivity index (χ3n) is 2.36. The van der Waals surface area contributed by atoms with Gasteiger partial charge in [0.1, 0.15) is 0 Å². The Morgan fingerprint density at radius 3 is 2.44 bits per heavy atom. The fraction of sp³-hybridized carbons (Fsp3) is 0.167. The maximum atomic E-state index is 13.3. The molecule has 16 heavy (non-hydrogen) atoms. The van der Waals surface area contributed by atoms with E-state index in [0.29, 0.717) is 5.82 Å². The largest absolute Gasteiger partial charge is 0.230 e. The van der Waals surface area contributed by atoms with Gasteiger partial charge in [0.15, 0.2) is 16.8 Å². The summed E-state index contributed by atoms with van der Waals surface area (Å²) in [5, 5.41) is -0.134. The zero-order valence-electron chi connectivity index (χ0n) is 8.96. The number of aromatic nitrogens is 2. The van der Waals surface area contributed by atoms with Crippen molar-refractivity contribution >= 4 is 11.6 Å². The van der Waals surface area contributed by atoms with Crippen LogP contribution in [0.15, 0.2) is 24.3 Å². The molecular weight excluding hydrogens is 227 g/mol. The van der Waals surface area contributed by atoms with Gasteiger partial charge in [-0.1, -0.05) is 35.9 Å². The molecule has 0 spiro atoms. The highest BCUT2D eigenvalue weighted by atomic mass is 35.5. The Kier molecular flexibility index (Phi) is 2.88. The van der Waals surface area contributed by atoms with E-state index in [0.717, 1.165) is 11.1 Å². The minimum atomic E-state index is -0.556. The second-order valence-electron chi connectivity index (χ2n) is 3.55. The molecular formula is C12H10ClFN2. The molecule has 1 heterocycles. The lowest BCUT2D eigenvalue weighted by atomic mass is 10.1. The van der Waals surface area contributed by atoms with Crippen molar-refractivity contribution in [3.05, 3.63) is 46.5 Å². The molecule has 1 aromatic carbocycles. The van der Waals surface area contributed by atoms with Crippen LogP contribution in [0.5, 0.6) is 0 Å². The van der Waals surface area contributed by atoms with E-state index in [1.807, 2.05) is 31.2 Å². The first-order chi connectivity index (χ1) is 7.59.